The highest BCUT2D eigenvalue weighted by molar-refractivity contribution is 9.10. The zero-order chi connectivity index (χ0) is 19.5. The third kappa shape index (κ3) is 4.07. The van der Waals surface area contributed by atoms with Crippen LogP contribution in [0, 0.1) is 0 Å². The number of hydrogen-bond acceptors (Lipinski definition) is 6. The van der Waals surface area contributed by atoms with Crippen LogP contribution < -0.4 is 5.32 Å². The molecule has 9 nitrogen and oxygen atoms in total. The van der Waals surface area contributed by atoms with Gasteiger partial charge in [0, 0.05) is 15.1 Å². The van der Waals surface area contributed by atoms with Gasteiger partial charge in [0.15, 0.2) is 0 Å². The van der Waals surface area contributed by atoms with E-state index >= 15 is 0 Å². The Kier molecular flexibility index (Phi) is 5.13. The van der Waals surface area contributed by atoms with Crippen LogP contribution in [0.2, 0.25) is 5.02 Å². The normalized spacial score (nSPS) is 10.8. The number of aromatic nitrogens is 7. The van der Waals surface area contributed by atoms with Crippen LogP contribution in [0.4, 0.5) is 5.69 Å². The van der Waals surface area contributed by atoms with Gasteiger partial charge in [0.1, 0.15) is 19.2 Å². The molecule has 2 aromatic heterocycles. The number of hydrogen-bond donors (Lipinski definition) is 1. The first-order chi connectivity index (χ1) is 13.6. The van der Waals surface area contributed by atoms with Crippen LogP contribution in [0.15, 0.2) is 59.6 Å². The van der Waals surface area contributed by atoms with Crippen LogP contribution in [-0.2, 0) is 11.3 Å². The summed E-state index contributed by atoms with van der Waals surface area (Å²) in [7, 11) is 0. The van der Waals surface area contributed by atoms with Crippen LogP contribution >= 0.6 is 27.5 Å². The number of carbonyl (C=O) groups excluding carboxylic acids is 1. The Labute approximate surface area is 172 Å². The molecule has 0 fully saturated rings. The lowest BCUT2D eigenvalue weighted by Gasteiger charge is -2.11. The van der Waals surface area contributed by atoms with Crippen LogP contribution in [0.1, 0.15) is 0 Å². The van der Waals surface area contributed by atoms with Gasteiger partial charge in [-0.2, -0.15) is 9.90 Å². The smallest absolute Gasteiger partial charge is 0.248 e. The molecular formula is C17H12BrClN8O. The molecule has 4 rings (SSSR count). The molecule has 4 aromatic rings. The molecule has 0 unspecified atom stereocenters. The third-order valence-electron chi connectivity index (χ3n) is 3.74. The molecule has 0 atom stereocenters. The topological polar surface area (TPSA) is 103 Å². The van der Waals surface area contributed by atoms with Gasteiger partial charge in [0.25, 0.3) is 0 Å². The van der Waals surface area contributed by atoms with Gasteiger partial charge in [-0.15, -0.1) is 10.2 Å². The monoisotopic (exact) mass is 458 g/mol. The first kappa shape index (κ1) is 18.3. The fourth-order valence-corrected chi connectivity index (χ4v) is 2.92. The van der Waals surface area contributed by atoms with E-state index in [1.54, 1.807) is 18.2 Å². The van der Waals surface area contributed by atoms with Gasteiger partial charge in [-0.1, -0.05) is 27.5 Å². The van der Waals surface area contributed by atoms with Crippen LogP contribution in [0.5, 0.6) is 0 Å². The Morgan fingerprint density at radius 2 is 2.00 bits per heavy atom. The highest BCUT2D eigenvalue weighted by atomic mass is 79.9. The molecule has 0 spiro atoms. The molecule has 11 heteroatoms. The molecule has 1 amide bonds. The van der Waals surface area contributed by atoms with Crippen molar-refractivity contribution < 1.29 is 4.79 Å². The summed E-state index contributed by atoms with van der Waals surface area (Å²) >= 11 is 9.44. The van der Waals surface area contributed by atoms with Crippen molar-refractivity contribution in [3.8, 4) is 17.1 Å². The molecule has 0 radical (unpaired) electrons. The summed E-state index contributed by atoms with van der Waals surface area (Å²) in [6.45, 7) is -0.104. The number of benzene rings is 2. The third-order valence-corrected chi connectivity index (χ3v) is 4.50. The predicted octanol–water partition coefficient (Wildman–Crippen LogP) is 2.98. The Bertz CT molecular complexity index is 1110. The van der Waals surface area contributed by atoms with E-state index in [0.717, 1.165) is 10.0 Å². The van der Waals surface area contributed by atoms with E-state index in [4.69, 9.17) is 11.6 Å². The summed E-state index contributed by atoms with van der Waals surface area (Å²) in [6.07, 6.45) is 2.94. The van der Waals surface area contributed by atoms with Crippen molar-refractivity contribution in [1.29, 1.82) is 0 Å². The molecule has 0 aliphatic heterocycles. The van der Waals surface area contributed by atoms with Crippen molar-refractivity contribution in [3.05, 3.63) is 64.6 Å². The Morgan fingerprint density at radius 1 is 1.18 bits per heavy atom. The number of carbonyl (C=O) groups is 1. The zero-order valence-electron chi connectivity index (χ0n) is 14.2. The first-order valence-electron chi connectivity index (χ1n) is 8.06. The predicted molar refractivity (Wildman–Crippen MR) is 106 cm³/mol. The number of rotatable bonds is 5. The highest BCUT2D eigenvalue weighted by Gasteiger charge is 2.13. The molecule has 2 aromatic carbocycles. The van der Waals surface area contributed by atoms with Gasteiger partial charge >= 0.3 is 0 Å². The Hall–Kier alpha value is -3.11. The van der Waals surface area contributed by atoms with Gasteiger partial charge in [0.05, 0.1) is 11.4 Å². The standard InChI is InChI=1S/C17H12BrClN8O/c18-12-3-1-11(2-4-12)17-23-25-27(24-17)8-16(28)22-14-7-13(19)5-6-15(14)26-10-20-9-21-26/h1-7,9-10H,8H2,(H,22,28). The second kappa shape index (κ2) is 7.87. The minimum atomic E-state index is -0.330. The van der Waals surface area contributed by atoms with Crippen molar-refractivity contribution >= 4 is 39.1 Å². The van der Waals surface area contributed by atoms with Gasteiger partial charge < -0.3 is 5.32 Å². The van der Waals surface area contributed by atoms with E-state index in [-0.39, 0.29) is 12.5 Å². The van der Waals surface area contributed by atoms with Crippen LogP contribution in [-0.4, -0.2) is 40.9 Å². The maximum absolute atomic E-state index is 12.5. The molecule has 140 valence electrons. The number of nitrogens with zero attached hydrogens (tertiary/aromatic N) is 7. The fourth-order valence-electron chi connectivity index (χ4n) is 2.48. The molecular weight excluding hydrogens is 448 g/mol. The summed E-state index contributed by atoms with van der Waals surface area (Å²) in [5.74, 6) is 0.106. The lowest BCUT2D eigenvalue weighted by molar-refractivity contribution is -0.117. The SMILES string of the molecule is O=C(Cn1nnc(-c2ccc(Br)cc2)n1)Nc1cc(Cl)ccc1-n1cncn1. The number of halogens is 2. The summed E-state index contributed by atoms with van der Waals surface area (Å²) < 4.78 is 2.48. The molecule has 28 heavy (non-hydrogen) atoms. The first-order valence-corrected chi connectivity index (χ1v) is 9.24. The van der Waals surface area contributed by atoms with Gasteiger partial charge in [-0.25, -0.2) is 9.67 Å². The van der Waals surface area contributed by atoms with Crippen molar-refractivity contribution in [2.45, 2.75) is 6.54 Å². The summed E-state index contributed by atoms with van der Waals surface area (Å²) in [5.41, 5.74) is 1.94. The van der Waals surface area contributed by atoms with E-state index in [1.807, 2.05) is 24.3 Å². The van der Waals surface area contributed by atoms with Gasteiger partial charge in [-0.3, -0.25) is 4.79 Å². The second-order valence-corrected chi connectivity index (χ2v) is 7.05. The van der Waals surface area contributed by atoms with E-state index in [1.165, 1.54) is 22.1 Å². The average Bonchev–Trinajstić information content (AvgIpc) is 3.35. The van der Waals surface area contributed by atoms with Crippen LogP contribution in [0.3, 0.4) is 0 Å². The number of amides is 1. The second-order valence-electron chi connectivity index (χ2n) is 5.70. The Morgan fingerprint density at radius 3 is 2.75 bits per heavy atom. The van der Waals surface area contributed by atoms with E-state index < -0.39 is 0 Å². The van der Waals surface area contributed by atoms with Gasteiger partial charge in [-0.05, 0) is 47.7 Å². The van der Waals surface area contributed by atoms with Crippen molar-refractivity contribution in [2.24, 2.45) is 0 Å². The number of tetrazole rings is 1. The highest BCUT2D eigenvalue weighted by Crippen LogP contribution is 2.24. The number of anilines is 1. The Balaban J connectivity index is 1.50. The van der Waals surface area contributed by atoms with Crippen molar-refractivity contribution in [1.82, 2.24) is 35.0 Å². The maximum atomic E-state index is 12.5. The quantitative estimate of drug-likeness (QED) is 0.492. The summed E-state index contributed by atoms with van der Waals surface area (Å²) in [6, 6.07) is 12.6. The summed E-state index contributed by atoms with van der Waals surface area (Å²) in [4.78, 5) is 17.6. The lowest BCUT2D eigenvalue weighted by Crippen LogP contribution is -2.21. The molecule has 0 bridgehead atoms. The van der Waals surface area contributed by atoms with E-state index in [2.05, 4.69) is 46.7 Å². The van der Waals surface area contributed by atoms with Crippen molar-refractivity contribution in [3.63, 3.8) is 0 Å². The average molecular weight is 460 g/mol. The molecule has 2 heterocycles. The summed E-state index contributed by atoms with van der Waals surface area (Å²) in [5, 5.41) is 19.5. The maximum Gasteiger partial charge on any atom is 0.248 e. The molecule has 1 N–H and O–H groups in total. The molecule has 0 saturated carbocycles. The molecule has 0 aliphatic rings. The molecule has 0 aliphatic carbocycles. The lowest BCUT2D eigenvalue weighted by atomic mass is 10.2. The van der Waals surface area contributed by atoms with Gasteiger partial charge in [0.2, 0.25) is 11.7 Å². The fraction of sp³-hybridized carbons (Fsp3) is 0.0588. The minimum Gasteiger partial charge on any atom is -0.322 e. The largest absolute Gasteiger partial charge is 0.322 e. The number of nitrogens with one attached hydrogen (secondary N) is 1. The van der Waals surface area contributed by atoms with E-state index in [0.29, 0.717) is 22.2 Å². The minimum absolute atomic E-state index is 0.104. The van der Waals surface area contributed by atoms with E-state index in [9.17, 15) is 4.79 Å². The van der Waals surface area contributed by atoms with Crippen molar-refractivity contribution in [2.75, 3.05) is 5.32 Å². The zero-order valence-corrected chi connectivity index (χ0v) is 16.5. The molecule has 0 saturated heterocycles. The van der Waals surface area contributed by atoms with Crippen LogP contribution in [0.25, 0.3) is 17.1 Å².